The zero-order valence-electron chi connectivity index (χ0n) is 15.3. The largest absolute Gasteiger partial charge is 0.367 e. The summed E-state index contributed by atoms with van der Waals surface area (Å²) in [6.45, 7) is 2.08. The van der Waals surface area contributed by atoms with E-state index in [4.69, 9.17) is 11.6 Å². The third-order valence-electron chi connectivity index (χ3n) is 4.49. The molecule has 28 heavy (non-hydrogen) atoms. The number of benzene rings is 2. The number of halogens is 1. The predicted octanol–water partition coefficient (Wildman–Crippen LogP) is 2.58. The van der Waals surface area contributed by atoms with E-state index in [9.17, 15) is 13.2 Å². The van der Waals surface area contributed by atoms with E-state index in [1.807, 2.05) is 42.5 Å². The fourth-order valence-electron chi connectivity index (χ4n) is 2.96. The third-order valence-corrected chi connectivity index (χ3v) is 5.85. The first-order valence-corrected chi connectivity index (χ1v) is 10.9. The van der Waals surface area contributed by atoms with Gasteiger partial charge in [0, 0.05) is 31.6 Å². The van der Waals surface area contributed by atoms with Gasteiger partial charge in [0.05, 0.1) is 17.3 Å². The summed E-state index contributed by atoms with van der Waals surface area (Å²) in [6.07, 6.45) is 1.50. The Balaban J connectivity index is 1.49. The SMILES string of the molecule is O=C(CNS(=O)(=O)/C=C/c1ccccc1)N1CCN(c2ccccc2Cl)CC1. The summed E-state index contributed by atoms with van der Waals surface area (Å²) >= 11 is 6.23. The summed E-state index contributed by atoms with van der Waals surface area (Å²) < 4.78 is 26.5. The number of sulfonamides is 1. The Morgan fingerprint density at radius 2 is 1.64 bits per heavy atom. The zero-order valence-corrected chi connectivity index (χ0v) is 16.9. The van der Waals surface area contributed by atoms with Crippen molar-refractivity contribution in [3.63, 3.8) is 0 Å². The molecule has 0 atom stereocenters. The van der Waals surface area contributed by atoms with Gasteiger partial charge >= 0.3 is 0 Å². The van der Waals surface area contributed by atoms with Crippen molar-refractivity contribution in [3.05, 3.63) is 70.6 Å². The van der Waals surface area contributed by atoms with Crippen molar-refractivity contribution in [1.82, 2.24) is 9.62 Å². The molecule has 1 heterocycles. The maximum Gasteiger partial charge on any atom is 0.237 e. The molecule has 0 aliphatic carbocycles. The van der Waals surface area contributed by atoms with Crippen molar-refractivity contribution in [2.45, 2.75) is 0 Å². The molecule has 1 aliphatic rings. The van der Waals surface area contributed by atoms with E-state index in [0.29, 0.717) is 31.2 Å². The van der Waals surface area contributed by atoms with E-state index in [0.717, 1.165) is 16.7 Å². The smallest absolute Gasteiger partial charge is 0.237 e. The second-order valence-electron chi connectivity index (χ2n) is 6.40. The van der Waals surface area contributed by atoms with Crippen molar-refractivity contribution in [2.75, 3.05) is 37.6 Å². The number of piperazine rings is 1. The molecular formula is C20H22ClN3O3S. The van der Waals surface area contributed by atoms with Crippen molar-refractivity contribution in [3.8, 4) is 0 Å². The minimum absolute atomic E-state index is 0.240. The van der Waals surface area contributed by atoms with Crippen LogP contribution in [0, 0.1) is 0 Å². The highest BCUT2D eigenvalue weighted by Gasteiger charge is 2.22. The molecular weight excluding hydrogens is 398 g/mol. The van der Waals surface area contributed by atoms with E-state index >= 15 is 0 Å². The normalized spacial score (nSPS) is 15.2. The van der Waals surface area contributed by atoms with Crippen molar-refractivity contribution >= 4 is 39.3 Å². The highest BCUT2D eigenvalue weighted by molar-refractivity contribution is 7.92. The second kappa shape index (κ2) is 9.23. The summed E-state index contributed by atoms with van der Waals surface area (Å²) in [4.78, 5) is 16.1. The van der Waals surface area contributed by atoms with Gasteiger partial charge in [0.1, 0.15) is 0 Å². The highest BCUT2D eigenvalue weighted by atomic mass is 35.5. The van der Waals surface area contributed by atoms with Crippen LogP contribution in [0.25, 0.3) is 6.08 Å². The van der Waals surface area contributed by atoms with E-state index in [1.54, 1.807) is 17.0 Å². The van der Waals surface area contributed by atoms with Gasteiger partial charge in [-0.05, 0) is 23.8 Å². The topological polar surface area (TPSA) is 69.7 Å². The second-order valence-corrected chi connectivity index (χ2v) is 8.46. The maximum atomic E-state index is 12.4. The molecule has 0 spiro atoms. The molecule has 2 aromatic carbocycles. The van der Waals surface area contributed by atoms with Gasteiger partial charge in [-0.3, -0.25) is 4.79 Å². The predicted molar refractivity (Wildman–Crippen MR) is 113 cm³/mol. The maximum absolute atomic E-state index is 12.4. The van der Waals surface area contributed by atoms with Gasteiger partial charge in [0.2, 0.25) is 15.9 Å². The number of amides is 1. The average molecular weight is 420 g/mol. The average Bonchev–Trinajstić information content (AvgIpc) is 2.72. The number of nitrogens with one attached hydrogen (secondary N) is 1. The molecule has 8 heteroatoms. The van der Waals surface area contributed by atoms with Gasteiger partial charge in [-0.25, -0.2) is 13.1 Å². The Hall–Kier alpha value is -2.35. The van der Waals surface area contributed by atoms with Gasteiger partial charge in [-0.2, -0.15) is 0 Å². The lowest BCUT2D eigenvalue weighted by atomic mass is 10.2. The fraction of sp³-hybridized carbons (Fsp3) is 0.250. The number of nitrogens with zero attached hydrogens (tertiary/aromatic N) is 2. The molecule has 2 aromatic rings. The standard InChI is InChI=1S/C20H22ClN3O3S/c21-18-8-4-5-9-19(18)23-11-13-24(14-12-23)20(25)16-22-28(26,27)15-10-17-6-2-1-3-7-17/h1-10,15,22H,11-14,16H2/b15-10+. The lowest BCUT2D eigenvalue weighted by molar-refractivity contribution is -0.130. The van der Waals surface area contributed by atoms with Gasteiger partial charge in [-0.15, -0.1) is 0 Å². The first kappa shape index (κ1) is 20.4. The van der Waals surface area contributed by atoms with Crippen molar-refractivity contribution in [2.24, 2.45) is 0 Å². The Kier molecular flexibility index (Phi) is 6.72. The minimum atomic E-state index is -3.68. The van der Waals surface area contributed by atoms with Gasteiger partial charge in [-0.1, -0.05) is 54.1 Å². The Labute approximate surface area is 170 Å². The van der Waals surface area contributed by atoms with E-state index in [2.05, 4.69) is 9.62 Å². The summed E-state index contributed by atoms with van der Waals surface area (Å²) in [5.74, 6) is -0.240. The molecule has 1 saturated heterocycles. The molecule has 0 saturated carbocycles. The molecule has 148 valence electrons. The molecule has 1 fully saturated rings. The summed E-state index contributed by atoms with van der Waals surface area (Å²) in [5, 5.41) is 1.76. The number of hydrogen-bond donors (Lipinski definition) is 1. The van der Waals surface area contributed by atoms with Crippen LogP contribution in [-0.2, 0) is 14.8 Å². The van der Waals surface area contributed by atoms with E-state index in [-0.39, 0.29) is 12.5 Å². The number of rotatable bonds is 6. The van der Waals surface area contributed by atoms with E-state index in [1.165, 1.54) is 6.08 Å². The quantitative estimate of drug-likeness (QED) is 0.781. The van der Waals surface area contributed by atoms with Crippen LogP contribution in [0.4, 0.5) is 5.69 Å². The molecule has 0 unspecified atom stereocenters. The Morgan fingerprint density at radius 1 is 1.00 bits per heavy atom. The van der Waals surface area contributed by atoms with Crippen LogP contribution < -0.4 is 9.62 Å². The lowest BCUT2D eigenvalue weighted by Gasteiger charge is -2.36. The molecule has 0 aromatic heterocycles. The van der Waals surface area contributed by atoms with Crippen LogP contribution in [0.1, 0.15) is 5.56 Å². The first-order valence-electron chi connectivity index (χ1n) is 8.95. The molecule has 6 nitrogen and oxygen atoms in total. The van der Waals surface area contributed by atoms with Gasteiger partial charge in [0.25, 0.3) is 0 Å². The van der Waals surface area contributed by atoms with Gasteiger partial charge in [0.15, 0.2) is 0 Å². The van der Waals surface area contributed by atoms with Crippen molar-refractivity contribution < 1.29 is 13.2 Å². The van der Waals surface area contributed by atoms with Crippen molar-refractivity contribution in [1.29, 1.82) is 0 Å². The molecule has 1 amide bonds. The number of carbonyl (C=O) groups excluding carboxylic acids is 1. The number of hydrogen-bond acceptors (Lipinski definition) is 4. The summed E-state index contributed by atoms with van der Waals surface area (Å²) in [7, 11) is -3.68. The molecule has 1 aliphatic heterocycles. The highest BCUT2D eigenvalue weighted by Crippen LogP contribution is 2.25. The summed E-state index contributed by atoms with van der Waals surface area (Å²) in [6, 6.07) is 16.7. The van der Waals surface area contributed by atoms with Crippen LogP contribution in [-0.4, -0.2) is 51.9 Å². The van der Waals surface area contributed by atoms with Crippen LogP contribution >= 0.6 is 11.6 Å². The number of anilines is 1. The molecule has 3 rings (SSSR count). The van der Waals surface area contributed by atoms with Crippen LogP contribution in [0.2, 0.25) is 5.02 Å². The summed E-state index contributed by atoms with van der Waals surface area (Å²) in [5.41, 5.74) is 1.72. The van der Waals surface area contributed by atoms with Crippen LogP contribution in [0.5, 0.6) is 0 Å². The third kappa shape index (κ3) is 5.58. The molecule has 0 radical (unpaired) electrons. The lowest BCUT2D eigenvalue weighted by Crippen LogP contribution is -2.51. The van der Waals surface area contributed by atoms with Crippen LogP contribution in [0.15, 0.2) is 60.0 Å². The van der Waals surface area contributed by atoms with Crippen LogP contribution in [0.3, 0.4) is 0 Å². The molecule has 1 N–H and O–H groups in total. The zero-order chi connectivity index (χ0) is 20.0. The monoisotopic (exact) mass is 419 g/mol. The van der Waals surface area contributed by atoms with Gasteiger partial charge < -0.3 is 9.80 Å². The Bertz CT molecular complexity index is 940. The fourth-order valence-corrected chi connectivity index (χ4v) is 3.97. The Morgan fingerprint density at radius 3 is 2.32 bits per heavy atom. The first-order chi connectivity index (χ1) is 13.4. The minimum Gasteiger partial charge on any atom is -0.367 e. The van der Waals surface area contributed by atoms with E-state index < -0.39 is 10.0 Å². The molecule has 0 bridgehead atoms. The number of para-hydroxylation sites is 1. The number of carbonyl (C=O) groups is 1.